The quantitative estimate of drug-likeness (QED) is 0.635. The summed E-state index contributed by atoms with van der Waals surface area (Å²) in [6, 6.07) is 13.9. The molecule has 0 saturated carbocycles. The summed E-state index contributed by atoms with van der Waals surface area (Å²) in [6.45, 7) is 4.23. The summed E-state index contributed by atoms with van der Waals surface area (Å²) in [7, 11) is 0. The number of hydrogen-bond donors (Lipinski definition) is 1. The number of thioether (sulfide) groups is 1. The van der Waals surface area contributed by atoms with Crippen molar-refractivity contribution in [2.45, 2.75) is 25.0 Å². The van der Waals surface area contributed by atoms with E-state index in [1.54, 1.807) is 18.2 Å². The van der Waals surface area contributed by atoms with E-state index in [0.29, 0.717) is 5.92 Å². The zero-order valence-corrected chi connectivity index (χ0v) is 15.2. The molecule has 1 N–H and O–H groups in total. The highest BCUT2D eigenvalue weighted by molar-refractivity contribution is 7.99. The van der Waals surface area contributed by atoms with Crippen molar-refractivity contribution in [1.29, 1.82) is 0 Å². The third kappa shape index (κ3) is 4.49. The van der Waals surface area contributed by atoms with Gasteiger partial charge in [-0.2, -0.15) is 0 Å². The van der Waals surface area contributed by atoms with Gasteiger partial charge in [-0.1, -0.05) is 49.9 Å². The van der Waals surface area contributed by atoms with Crippen LogP contribution in [-0.4, -0.2) is 21.9 Å². The fourth-order valence-corrected chi connectivity index (χ4v) is 2.85. The summed E-state index contributed by atoms with van der Waals surface area (Å²) in [5, 5.41) is 10.7. The van der Waals surface area contributed by atoms with Crippen molar-refractivity contribution >= 4 is 23.4 Å². The Labute approximate surface area is 155 Å². The van der Waals surface area contributed by atoms with E-state index in [4.69, 9.17) is 4.42 Å². The molecule has 1 amide bonds. The second kappa shape index (κ2) is 8.14. The summed E-state index contributed by atoms with van der Waals surface area (Å²) >= 11 is 1.10. The van der Waals surface area contributed by atoms with E-state index >= 15 is 0 Å². The van der Waals surface area contributed by atoms with Crippen molar-refractivity contribution in [3.63, 3.8) is 0 Å². The normalized spacial score (nSPS) is 10.9. The van der Waals surface area contributed by atoms with Crippen LogP contribution in [0.2, 0.25) is 0 Å². The van der Waals surface area contributed by atoms with Crippen LogP contribution in [0.3, 0.4) is 0 Å². The van der Waals surface area contributed by atoms with Gasteiger partial charge in [-0.3, -0.25) is 4.79 Å². The first-order valence-corrected chi connectivity index (χ1v) is 9.12. The van der Waals surface area contributed by atoms with Gasteiger partial charge in [-0.05, 0) is 35.7 Å². The molecule has 7 heteroatoms. The highest BCUT2D eigenvalue weighted by Gasteiger charge is 2.14. The number of halogens is 1. The Hall–Kier alpha value is -2.67. The Bertz CT molecular complexity index is 894. The largest absolute Gasteiger partial charge is 0.411 e. The van der Waals surface area contributed by atoms with Gasteiger partial charge in [-0.15, -0.1) is 10.2 Å². The summed E-state index contributed by atoms with van der Waals surface area (Å²) in [5.41, 5.74) is 2.18. The molecule has 0 aliphatic rings. The number of anilines is 1. The molecule has 0 bridgehead atoms. The minimum absolute atomic E-state index is 0.0929. The van der Waals surface area contributed by atoms with E-state index in [1.165, 1.54) is 11.6 Å². The Balaban J connectivity index is 1.56. The molecule has 0 aliphatic heterocycles. The standard InChI is InChI=1S/C19H18FN3O2S/c1-12(2)13-7-9-14(10-8-13)21-17(24)11-26-19-23-22-18(25-19)15-5-3-4-6-16(15)20/h3-10,12H,11H2,1-2H3,(H,21,24). The van der Waals surface area contributed by atoms with Crippen LogP contribution in [0.1, 0.15) is 25.3 Å². The lowest BCUT2D eigenvalue weighted by Gasteiger charge is -2.07. The predicted molar refractivity (Wildman–Crippen MR) is 99.6 cm³/mol. The lowest BCUT2D eigenvalue weighted by molar-refractivity contribution is -0.113. The van der Waals surface area contributed by atoms with Crippen molar-refractivity contribution in [2.75, 3.05) is 11.1 Å². The summed E-state index contributed by atoms with van der Waals surface area (Å²) in [4.78, 5) is 12.1. The van der Waals surface area contributed by atoms with Crippen LogP contribution in [0.25, 0.3) is 11.5 Å². The fraction of sp³-hybridized carbons (Fsp3) is 0.211. The lowest BCUT2D eigenvalue weighted by atomic mass is 10.0. The van der Waals surface area contributed by atoms with Gasteiger partial charge in [0.15, 0.2) is 0 Å². The maximum absolute atomic E-state index is 13.7. The monoisotopic (exact) mass is 371 g/mol. The molecule has 0 radical (unpaired) electrons. The van der Waals surface area contributed by atoms with Crippen LogP contribution in [0.5, 0.6) is 0 Å². The van der Waals surface area contributed by atoms with Crippen molar-refractivity contribution in [2.24, 2.45) is 0 Å². The van der Waals surface area contributed by atoms with Crippen LogP contribution < -0.4 is 5.32 Å². The summed E-state index contributed by atoms with van der Waals surface area (Å²) < 4.78 is 19.1. The van der Waals surface area contributed by atoms with Crippen molar-refractivity contribution in [1.82, 2.24) is 10.2 Å². The van der Waals surface area contributed by atoms with Gasteiger partial charge in [0, 0.05) is 5.69 Å². The average molecular weight is 371 g/mol. The number of rotatable bonds is 6. The second-order valence-corrected chi connectivity index (χ2v) is 6.89. The molecule has 2 aromatic carbocycles. The highest BCUT2D eigenvalue weighted by atomic mass is 32.2. The minimum Gasteiger partial charge on any atom is -0.411 e. The van der Waals surface area contributed by atoms with Crippen LogP contribution >= 0.6 is 11.8 Å². The molecule has 3 aromatic rings. The van der Waals surface area contributed by atoms with E-state index < -0.39 is 5.82 Å². The van der Waals surface area contributed by atoms with Crippen LogP contribution in [-0.2, 0) is 4.79 Å². The van der Waals surface area contributed by atoms with Crippen LogP contribution in [0.4, 0.5) is 10.1 Å². The van der Waals surface area contributed by atoms with E-state index in [9.17, 15) is 9.18 Å². The van der Waals surface area contributed by atoms with E-state index in [0.717, 1.165) is 17.4 Å². The smallest absolute Gasteiger partial charge is 0.277 e. The second-order valence-electron chi connectivity index (χ2n) is 5.97. The summed E-state index contributed by atoms with van der Waals surface area (Å²) in [6.07, 6.45) is 0. The van der Waals surface area contributed by atoms with Crippen LogP contribution in [0.15, 0.2) is 58.2 Å². The lowest BCUT2D eigenvalue weighted by Crippen LogP contribution is -2.14. The molecule has 0 aliphatic carbocycles. The highest BCUT2D eigenvalue weighted by Crippen LogP contribution is 2.25. The Morgan fingerprint density at radius 3 is 2.58 bits per heavy atom. The zero-order valence-electron chi connectivity index (χ0n) is 14.4. The number of benzene rings is 2. The molecule has 5 nitrogen and oxygen atoms in total. The molecule has 0 saturated heterocycles. The van der Waals surface area contributed by atoms with Gasteiger partial charge < -0.3 is 9.73 Å². The molecular formula is C19H18FN3O2S. The Kier molecular flexibility index (Phi) is 5.68. The third-order valence-electron chi connectivity index (χ3n) is 3.70. The van der Waals surface area contributed by atoms with E-state index in [-0.39, 0.29) is 28.3 Å². The molecule has 1 aromatic heterocycles. The van der Waals surface area contributed by atoms with Gasteiger partial charge in [0.2, 0.25) is 5.91 Å². The number of aromatic nitrogens is 2. The first kappa shape index (κ1) is 18.1. The molecule has 0 atom stereocenters. The third-order valence-corrected chi connectivity index (χ3v) is 4.52. The van der Waals surface area contributed by atoms with Crippen molar-refractivity contribution < 1.29 is 13.6 Å². The number of nitrogens with one attached hydrogen (secondary N) is 1. The van der Waals surface area contributed by atoms with Crippen LogP contribution in [0, 0.1) is 5.82 Å². The van der Waals surface area contributed by atoms with Gasteiger partial charge in [0.05, 0.1) is 11.3 Å². The fourth-order valence-electron chi connectivity index (χ4n) is 2.29. The maximum atomic E-state index is 13.7. The van der Waals surface area contributed by atoms with E-state index in [1.807, 2.05) is 24.3 Å². The maximum Gasteiger partial charge on any atom is 0.277 e. The number of nitrogens with zero attached hydrogens (tertiary/aromatic N) is 2. The molecule has 1 heterocycles. The number of carbonyl (C=O) groups excluding carboxylic acids is 1. The topological polar surface area (TPSA) is 68.0 Å². The average Bonchev–Trinajstić information content (AvgIpc) is 3.09. The van der Waals surface area contributed by atoms with E-state index in [2.05, 4.69) is 29.4 Å². The molecule has 134 valence electrons. The molecule has 0 fully saturated rings. The Morgan fingerprint density at radius 2 is 1.88 bits per heavy atom. The first-order chi connectivity index (χ1) is 12.5. The molecule has 0 spiro atoms. The number of amides is 1. The van der Waals surface area contributed by atoms with Gasteiger partial charge >= 0.3 is 0 Å². The number of hydrogen-bond acceptors (Lipinski definition) is 5. The molecule has 0 unspecified atom stereocenters. The predicted octanol–water partition coefficient (Wildman–Crippen LogP) is 4.73. The SMILES string of the molecule is CC(C)c1ccc(NC(=O)CSc2nnc(-c3ccccc3F)o2)cc1. The molecule has 26 heavy (non-hydrogen) atoms. The summed E-state index contributed by atoms with van der Waals surface area (Å²) in [5.74, 6) is 0.0326. The number of carbonyl (C=O) groups is 1. The molecule has 3 rings (SSSR count). The van der Waals surface area contributed by atoms with Gasteiger partial charge in [-0.25, -0.2) is 4.39 Å². The van der Waals surface area contributed by atoms with Crippen molar-refractivity contribution in [3.8, 4) is 11.5 Å². The van der Waals surface area contributed by atoms with Gasteiger partial charge in [0.25, 0.3) is 11.1 Å². The van der Waals surface area contributed by atoms with Crippen molar-refractivity contribution in [3.05, 3.63) is 59.9 Å². The minimum atomic E-state index is -0.435. The van der Waals surface area contributed by atoms with Gasteiger partial charge in [0.1, 0.15) is 5.82 Å². The molecular weight excluding hydrogens is 353 g/mol. The first-order valence-electron chi connectivity index (χ1n) is 8.14. The zero-order chi connectivity index (χ0) is 18.5. The Morgan fingerprint density at radius 1 is 1.15 bits per heavy atom.